The van der Waals surface area contributed by atoms with Crippen molar-refractivity contribution >= 4 is 28.1 Å². The van der Waals surface area contributed by atoms with Crippen molar-refractivity contribution in [3.8, 4) is 11.1 Å². The summed E-state index contributed by atoms with van der Waals surface area (Å²) in [4.78, 5) is 20.2. The third kappa shape index (κ3) is 3.81. The van der Waals surface area contributed by atoms with Gasteiger partial charge in [0.2, 0.25) is 0 Å². The van der Waals surface area contributed by atoms with E-state index in [1.165, 1.54) is 23.6 Å². The maximum absolute atomic E-state index is 12.8. The Morgan fingerprint density at radius 3 is 2.60 bits per heavy atom. The zero-order valence-electron chi connectivity index (χ0n) is 13.3. The van der Waals surface area contributed by atoms with Crippen LogP contribution in [0.3, 0.4) is 0 Å². The van der Waals surface area contributed by atoms with E-state index in [2.05, 4.69) is 9.97 Å². The molecule has 3 rings (SSSR count). The van der Waals surface area contributed by atoms with Crippen LogP contribution in [-0.2, 0) is 17.3 Å². The molecule has 3 N–H and O–H groups in total. The predicted octanol–water partition coefficient (Wildman–Crippen LogP) is 2.84. The number of thiazole rings is 1. The molecule has 8 heteroatoms. The number of benzene rings is 1. The van der Waals surface area contributed by atoms with E-state index in [9.17, 15) is 14.1 Å². The van der Waals surface area contributed by atoms with E-state index in [1.807, 2.05) is 19.1 Å². The van der Waals surface area contributed by atoms with Crippen molar-refractivity contribution in [1.29, 1.82) is 0 Å². The molecule has 0 saturated heterocycles. The van der Waals surface area contributed by atoms with Gasteiger partial charge in [0.15, 0.2) is 0 Å². The predicted molar refractivity (Wildman–Crippen MR) is 96.0 cm³/mol. The van der Waals surface area contributed by atoms with E-state index in [0.717, 1.165) is 11.3 Å². The van der Waals surface area contributed by atoms with Crippen molar-refractivity contribution in [3.63, 3.8) is 0 Å². The van der Waals surface area contributed by atoms with Gasteiger partial charge in [0.05, 0.1) is 22.6 Å². The highest BCUT2D eigenvalue weighted by Crippen LogP contribution is 2.28. The van der Waals surface area contributed by atoms with Gasteiger partial charge in [0, 0.05) is 28.9 Å². The van der Waals surface area contributed by atoms with Gasteiger partial charge >= 0.3 is 5.97 Å². The van der Waals surface area contributed by atoms with Gasteiger partial charge in [0.1, 0.15) is 9.22 Å². The first kappa shape index (κ1) is 17.4. The summed E-state index contributed by atoms with van der Waals surface area (Å²) in [7, 11) is -1.53. The normalized spacial score (nSPS) is 12.1. The van der Waals surface area contributed by atoms with Crippen LogP contribution < -0.4 is 5.73 Å². The van der Waals surface area contributed by atoms with Gasteiger partial charge in [-0.1, -0.05) is 6.07 Å². The lowest BCUT2D eigenvalue weighted by Gasteiger charge is -2.07. The SMILES string of the molecule is Cc1ccc(-c2cc(C(=O)O)cc(S(=O)c3cnc(CN)s3)c2)cn1. The molecule has 1 aromatic carbocycles. The molecule has 25 heavy (non-hydrogen) atoms. The van der Waals surface area contributed by atoms with Crippen LogP contribution in [0.5, 0.6) is 0 Å². The van der Waals surface area contributed by atoms with Crippen molar-refractivity contribution in [2.24, 2.45) is 5.73 Å². The van der Waals surface area contributed by atoms with E-state index < -0.39 is 16.8 Å². The van der Waals surface area contributed by atoms with Gasteiger partial charge in [-0.25, -0.2) is 14.0 Å². The Labute approximate surface area is 150 Å². The number of hydrogen-bond donors (Lipinski definition) is 2. The zero-order valence-corrected chi connectivity index (χ0v) is 14.9. The number of nitrogens with two attached hydrogens (primary N) is 1. The third-order valence-electron chi connectivity index (χ3n) is 3.50. The number of aromatic carboxylic acids is 1. The van der Waals surface area contributed by atoms with E-state index >= 15 is 0 Å². The summed E-state index contributed by atoms with van der Waals surface area (Å²) >= 11 is 1.26. The molecule has 6 nitrogen and oxygen atoms in total. The summed E-state index contributed by atoms with van der Waals surface area (Å²) in [6.07, 6.45) is 3.19. The minimum absolute atomic E-state index is 0.0741. The monoisotopic (exact) mass is 373 g/mol. The van der Waals surface area contributed by atoms with Crippen molar-refractivity contribution in [3.05, 3.63) is 59.0 Å². The number of nitrogens with zero attached hydrogens (tertiary/aromatic N) is 2. The van der Waals surface area contributed by atoms with Crippen LogP contribution in [-0.4, -0.2) is 25.3 Å². The third-order valence-corrected chi connectivity index (χ3v) is 6.16. The fourth-order valence-electron chi connectivity index (χ4n) is 2.22. The van der Waals surface area contributed by atoms with Crippen LogP contribution in [0.1, 0.15) is 21.1 Å². The highest BCUT2D eigenvalue weighted by Gasteiger charge is 2.16. The van der Waals surface area contributed by atoms with Gasteiger partial charge < -0.3 is 10.8 Å². The molecule has 1 unspecified atom stereocenters. The van der Waals surface area contributed by atoms with Crippen molar-refractivity contribution in [2.45, 2.75) is 22.6 Å². The highest BCUT2D eigenvalue weighted by atomic mass is 32.2. The molecule has 0 spiro atoms. The van der Waals surface area contributed by atoms with Crippen molar-refractivity contribution in [2.75, 3.05) is 0 Å². The molecule has 2 aromatic heterocycles. The fraction of sp³-hybridized carbons (Fsp3) is 0.118. The molecule has 128 valence electrons. The number of carboxylic acids is 1. The molecule has 3 aromatic rings. The maximum Gasteiger partial charge on any atom is 0.335 e. The number of rotatable bonds is 5. The number of hydrogen-bond acceptors (Lipinski definition) is 6. The Morgan fingerprint density at radius 1 is 1.20 bits per heavy atom. The molecule has 0 aliphatic heterocycles. The highest BCUT2D eigenvalue weighted by molar-refractivity contribution is 7.87. The molecule has 0 bridgehead atoms. The summed E-state index contributed by atoms with van der Waals surface area (Å²) in [5.74, 6) is -1.08. The average Bonchev–Trinajstić information content (AvgIpc) is 3.10. The second kappa shape index (κ2) is 7.22. The number of carbonyl (C=O) groups is 1. The fourth-order valence-corrected chi connectivity index (χ4v) is 4.48. The maximum atomic E-state index is 12.8. The molecule has 0 aliphatic rings. The lowest BCUT2D eigenvalue weighted by molar-refractivity contribution is 0.0696. The Morgan fingerprint density at radius 2 is 2.00 bits per heavy atom. The van der Waals surface area contributed by atoms with Gasteiger partial charge in [-0.15, -0.1) is 11.3 Å². The first-order valence-corrected chi connectivity index (χ1v) is 9.32. The van der Waals surface area contributed by atoms with Crippen molar-refractivity contribution in [1.82, 2.24) is 9.97 Å². The van der Waals surface area contributed by atoms with Gasteiger partial charge in [-0.05, 0) is 36.8 Å². The summed E-state index contributed by atoms with van der Waals surface area (Å²) < 4.78 is 13.4. The number of carboxylic acid groups (broad SMARTS) is 1. The average molecular weight is 373 g/mol. The van der Waals surface area contributed by atoms with Crippen LogP contribution in [0.25, 0.3) is 11.1 Å². The van der Waals surface area contributed by atoms with Crippen molar-refractivity contribution < 1.29 is 14.1 Å². The quantitative estimate of drug-likeness (QED) is 0.712. The lowest BCUT2D eigenvalue weighted by Crippen LogP contribution is -2.00. The molecule has 0 fully saturated rings. The Hall–Kier alpha value is -2.42. The van der Waals surface area contributed by atoms with Crippen LogP contribution in [0.2, 0.25) is 0 Å². The van der Waals surface area contributed by atoms with E-state index in [4.69, 9.17) is 5.73 Å². The van der Waals surface area contributed by atoms with E-state index in [0.29, 0.717) is 19.7 Å². The number of pyridine rings is 1. The van der Waals surface area contributed by atoms with Gasteiger partial charge in [-0.2, -0.15) is 0 Å². The standard InChI is InChI=1S/C17H15N3O3S2/c1-10-2-3-11(8-19-10)12-4-13(17(21)22)6-14(5-12)25(23)16-9-20-15(7-18)24-16/h2-6,8-9H,7,18H2,1H3,(H,21,22). The van der Waals surface area contributed by atoms with Crippen LogP contribution in [0, 0.1) is 6.92 Å². The molecule has 1 atom stereocenters. The Kier molecular flexibility index (Phi) is 5.03. The second-order valence-corrected chi connectivity index (χ2v) is 8.11. The van der Waals surface area contributed by atoms with E-state index in [-0.39, 0.29) is 12.1 Å². The first-order chi connectivity index (χ1) is 12.0. The summed E-state index contributed by atoms with van der Waals surface area (Å²) in [5, 5.41) is 10.1. The van der Waals surface area contributed by atoms with Gasteiger partial charge in [0.25, 0.3) is 0 Å². The summed E-state index contributed by atoms with van der Waals surface area (Å²) in [6, 6.07) is 8.39. The lowest BCUT2D eigenvalue weighted by atomic mass is 10.0. The second-order valence-electron chi connectivity index (χ2n) is 5.29. The zero-order chi connectivity index (χ0) is 18.0. The van der Waals surface area contributed by atoms with Crippen LogP contribution in [0.15, 0.2) is 51.8 Å². The van der Waals surface area contributed by atoms with Gasteiger partial charge in [-0.3, -0.25) is 4.98 Å². The number of aryl methyl sites for hydroxylation is 1. The minimum atomic E-state index is -1.53. The summed E-state index contributed by atoms with van der Waals surface area (Å²) in [5.41, 5.74) is 7.89. The molecule has 0 radical (unpaired) electrons. The molecule has 2 heterocycles. The number of aromatic nitrogens is 2. The topological polar surface area (TPSA) is 106 Å². The molecular weight excluding hydrogens is 358 g/mol. The first-order valence-electron chi connectivity index (χ1n) is 7.36. The molecule has 0 saturated carbocycles. The smallest absolute Gasteiger partial charge is 0.335 e. The molecule has 0 amide bonds. The summed E-state index contributed by atoms with van der Waals surface area (Å²) in [6.45, 7) is 2.15. The minimum Gasteiger partial charge on any atom is -0.478 e. The Bertz CT molecular complexity index is 952. The van der Waals surface area contributed by atoms with E-state index in [1.54, 1.807) is 18.3 Å². The molecule has 0 aliphatic carbocycles. The largest absolute Gasteiger partial charge is 0.478 e. The molecular formula is C17H15N3O3S2. The van der Waals surface area contributed by atoms with Crippen LogP contribution >= 0.6 is 11.3 Å². The van der Waals surface area contributed by atoms with Crippen LogP contribution in [0.4, 0.5) is 0 Å². The Balaban J connectivity index is 2.08.